The molecular formula is C36H21ClN4O. The van der Waals surface area contributed by atoms with E-state index in [0.29, 0.717) is 17.5 Å². The summed E-state index contributed by atoms with van der Waals surface area (Å²) in [7, 11) is 0. The summed E-state index contributed by atoms with van der Waals surface area (Å²) in [5.74, 6) is 1.59. The Morgan fingerprint density at radius 1 is 0.452 bits per heavy atom. The third kappa shape index (κ3) is 4.37. The van der Waals surface area contributed by atoms with Crippen molar-refractivity contribution < 1.29 is 4.42 Å². The second kappa shape index (κ2) is 9.91. The molecule has 0 aliphatic heterocycles. The summed E-state index contributed by atoms with van der Waals surface area (Å²) in [4.78, 5) is 18.4. The van der Waals surface area contributed by atoms with Crippen molar-refractivity contribution in [2.45, 2.75) is 0 Å². The molecule has 0 atom stereocenters. The molecule has 0 saturated carbocycles. The van der Waals surface area contributed by atoms with E-state index in [-0.39, 0.29) is 5.28 Å². The van der Waals surface area contributed by atoms with Gasteiger partial charge >= 0.3 is 0 Å². The maximum Gasteiger partial charge on any atom is 0.227 e. The summed E-state index contributed by atoms with van der Waals surface area (Å²) in [6.45, 7) is 0. The number of rotatable bonds is 4. The minimum Gasteiger partial charge on any atom is -0.436 e. The van der Waals surface area contributed by atoms with E-state index in [1.165, 1.54) is 11.1 Å². The van der Waals surface area contributed by atoms with Gasteiger partial charge in [0.25, 0.3) is 0 Å². The summed E-state index contributed by atoms with van der Waals surface area (Å²) in [6.07, 6.45) is 0. The molecule has 6 heteroatoms. The van der Waals surface area contributed by atoms with Crippen LogP contribution in [0.5, 0.6) is 0 Å². The average molecular weight is 561 g/mol. The number of hydrogen-bond donors (Lipinski definition) is 0. The van der Waals surface area contributed by atoms with Crippen LogP contribution in [0, 0.1) is 0 Å². The SMILES string of the molecule is Clc1nc(-c2ccc(-c3nc4c(ccc5ccccc54)o3)cc2)nc(-c2ccc3cc(-c4ccccc4)ccc3c2)n1. The van der Waals surface area contributed by atoms with Gasteiger partial charge in [-0.05, 0) is 69.2 Å². The Balaban J connectivity index is 1.11. The third-order valence-electron chi connectivity index (χ3n) is 7.49. The van der Waals surface area contributed by atoms with Crippen molar-refractivity contribution in [1.29, 1.82) is 0 Å². The van der Waals surface area contributed by atoms with Crippen molar-refractivity contribution in [3.63, 3.8) is 0 Å². The zero-order valence-corrected chi connectivity index (χ0v) is 23.0. The quantitative estimate of drug-likeness (QED) is 0.214. The van der Waals surface area contributed by atoms with Crippen molar-refractivity contribution >= 4 is 44.2 Å². The molecule has 42 heavy (non-hydrogen) atoms. The van der Waals surface area contributed by atoms with Gasteiger partial charge in [0, 0.05) is 22.1 Å². The van der Waals surface area contributed by atoms with Crippen LogP contribution in [-0.2, 0) is 0 Å². The number of benzene rings is 6. The smallest absolute Gasteiger partial charge is 0.227 e. The number of fused-ring (bicyclic) bond motifs is 4. The maximum absolute atomic E-state index is 6.39. The largest absolute Gasteiger partial charge is 0.436 e. The van der Waals surface area contributed by atoms with E-state index in [1.807, 2.05) is 54.6 Å². The molecule has 0 saturated heterocycles. The maximum atomic E-state index is 6.39. The fourth-order valence-corrected chi connectivity index (χ4v) is 5.51. The van der Waals surface area contributed by atoms with Gasteiger partial charge < -0.3 is 4.42 Å². The first kappa shape index (κ1) is 24.4. The first-order valence-electron chi connectivity index (χ1n) is 13.6. The van der Waals surface area contributed by atoms with Gasteiger partial charge in [-0.2, -0.15) is 9.97 Å². The Morgan fingerprint density at radius 3 is 1.88 bits per heavy atom. The van der Waals surface area contributed by atoms with E-state index in [1.54, 1.807) is 0 Å². The summed E-state index contributed by atoms with van der Waals surface area (Å²) in [5, 5.41) is 4.58. The fourth-order valence-electron chi connectivity index (χ4n) is 5.35. The van der Waals surface area contributed by atoms with Crippen LogP contribution in [0.1, 0.15) is 0 Å². The van der Waals surface area contributed by atoms with Crippen molar-refractivity contribution in [3.05, 3.63) is 133 Å². The van der Waals surface area contributed by atoms with Crippen LogP contribution < -0.4 is 0 Å². The van der Waals surface area contributed by atoms with Gasteiger partial charge in [0.15, 0.2) is 17.2 Å². The Morgan fingerprint density at radius 2 is 1.07 bits per heavy atom. The highest BCUT2D eigenvalue weighted by molar-refractivity contribution is 6.28. The number of hydrogen-bond acceptors (Lipinski definition) is 5. The van der Waals surface area contributed by atoms with Gasteiger partial charge in [-0.25, -0.2) is 9.97 Å². The van der Waals surface area contributed by atoms with Crippen molar-refractivity contribution in [3.8, 4) is 45.4 Å². The molecular weight excluding hydrogens is 540 g/mol. The van der Waals surface area contributed by atoms with Crippen LogP contribution in [0.3, 0.4) is 0 Å². The first-order valence-corrected chi connectivity index (χ1v) is 14.0. The van der Waals surface area contributed by atoms with Gasteiger partial charge in [0.2, 0.25) is 11.2 Å². The lowest BCUT2D eigenvalue weighted by molar-refractivity contribution is 0.620. The highest BCUT2D eigenvalue weighted by atomic mass is 35.5. The highest BCUT2D eigenvalue weighted by Crippen LogP contribution is 2.32. The van der Waals surface area contributed by atoms with Crippen molar-refractivity contribution in [2.75, 3.05) is 0 Å². The second-order valence-electron chi connectivity index (χ2n) is 10.1. The molecule has 0 unspecified atom stereocenters. The molecule has 0 aliphatic carbocycles. The van der Waals surface area contributed by atoms with Gasteiger partial charge in [-0.1, -0.05) is 97.1 Å². The molecule has 0 spiro atoms. The van der Waals surface area contributed by atoms with Crippen LogP contribution in [0.2, 0.25) is 5.28 Å². The lowest BCUT2D eigenvalue weighted by Crippen LogP contribution is -1.97. The summed E-state index contributed by atoms with van der Waals surface area (Å²) in [6, 6.07) is 43.0. The van der Waals surface area contributed by atoms with Crippen LogP contribution in [0.15, 0.2) is 132 Å². The van der Waals surface area contributed by atoms with E-state index in [2.05, 4.69) is 82.8 Å². The molecule has 2 aromatic heterocycles. The third-order valence-corrected chi connectivity index (χ3v) is 7.66. The lowest BCUT2D eigenvalue weighted by Gasteiger charge is -2.08. The van der Waals surface area contributed by atoms with Gasteiger partial charge in [-0.15, -0.1) is 0 Å². The molecule has 8 rings (SSSR count). The van der Waals surface area contributed by atoms with E-state index in [9.17, 15) is 0 Å². The fraction of sp³-hybridized carbons (Fsp3) is 0. The summed E-state index contributed by atoms with van der Waals surface area (Å²) in [5.41, 5.74) is 6.53. The van der Waals surface area contributed by atoms with Gasteiger partial charge in [0.1, 0.15) is 5.52 Å². The van der Waals surface area contributed by atoms with Gasteiger partial charge in [0.05, 0.1) is 0 Å². The molecule has 2 heterocycles. The molecule has 0 amide bonds. The summed E-state index contributed by atoms with van der Waals surface area (Å²) < 4.78 is 6.10. The average Bonchev–Trinajstić information content (AvgIpc) is 3.50. The standard InChI is InChI=1S/C36H21ClN4O/c37-36-40-33(24-10-12-25(13-11-24)35-38-32-30-9-5-4-8-23(30)18-19-31(32)42-35)39-34(41-36)29-17-16-27-20-26(14-15-28(27)21-29)22-6-2-1-3-7-22/h1-21H. The molecule has 198 valence electrons. The van der Waals surface area contributed by atoms with E-state index in [0.717, 1.165) is 49.3 Å². The number of aromatic nitrogens is 4. The molecule has 0 N–H and O–H groups in total. The predicted octanol–water partition coefficient (Wildman–Crippen LogP) is 9.64. The number of nitrogens with zero attached hydrogens (tertiary/aromatic N) is 4. The Kier molecular flexibility index (Phi) is 5.76. The predicted molar refractivity (Wildman–Crippen MR) is 169 cm³/mol. The number of halogens is 1. The lowest BCUT2D eigenvalue weighted by atomic mass is 10.00. The molecule has 0 radical (unpaired) electrons. The van der Waals surface area contributed by atoms with Crippen LogP contribution in [-0.4, -0.2) is 19.9 Å². The Bertz CT molecular complexity index is 2260. The van der Waals surface area contributed by atoms with Gasteiger partial charge in [-0.3, -0.25) is 0 Å². The second-order valence-corrected chi connectivity index (χ2v) is 10.5. The molecule has 6 aromatic carbocycles. The highest BCUT2D eigenvalue weighted by Gasteiger charge is 2.14. The van der Waals surface area contributed by atoms with Crippen LogP contribution in [0.4, 0.5) is 0 Å². The molecule has 8 aromatic rings. The monoisotopic (exact) mass is 560 g/mol. The zero-order valence-electron chi connectivity index (χ0n) is 22.2. The van der Waals surface area contributed by atoms with E-state index < -0.39 is 0 Å². The van der Waals surface area contributed by atoms with Crippen LogP contribution in [0.25, 0.3) is 78.0 Å². The zero-order chi connectivity index (χ0) is 28.0. The first-order chi connectivity index (χ1) is 20.7. The number of oxazole rings is 1. The Labute approximate surface area is 246 Å². The van der Waals surface area contributed by atoms with E-state index >= 15 is 0 Å². The van der Waals surface area contributed by atoms with Crippen molar-refractivity contribution in [2.24, 2.45) is 0 Å². The minimum atomic E-state index is 0.143. The molecule has 0 fully saturated rings. The summed E-state index contributed by atoms with van der Waals surface area (Å²) >= 11 is 6.39. The molecule has 0 bridgehead atoms. The topological polar surface area (TPSA) is 64.7 Å². The van der Waals surface area contributed by atoms with Crippen molar-refractivity contribution in [1.82, 2.24) is 19.9 Å². The molecule has 5 nitrogen and oxygen atoms in total. The van der Waals surface area contributed by atoms with E-state index in [4.69, 9.17) is 26.0 Å². The molecule has 0 aliphatic rings. The van der Waals surface area contributed by atoms with Crippen LogP contribution >= 0.6 is 11.6 Å². The normalized spacial score (nSPS) is 11.5. The minimum absolute atomic E-state index is 0.143. The Hall–Kier alpha value is -5.39.